The highest BCUT2D eigenvalue weighted by Gasteiger charge is 2.28. The van der Waals surface area contributed by atoms with Gasteiger partial charge in [0.2, 0.25) is 5.91 Å². The third-order valence-electron chi connectivity index (χ3n) is 4.62. The number of hydrogen-bond donors (Lipinski definition) is 2. The van der Waals surface area contributed by atoms with Gasteiger partial charge in [-0.2, -0.15) is 0 Å². The molecule has 33 heavy (non-hydrogen) atoms. The molecule has 0 unspecified atom stereocenters. The maximum Gasteiger partial charge on any atom is 0.407 e. The molecule has 2 atom stereocenters. The molecule has 2 aromatic rings. The lowest BCUT2D eigenvalue weighted by Gasteiger charge is -2.22. The van der Waals surface area contributed by atoms with Gasteiger partial charge in [0.25, 0.3) is 5.69 Å². The predicted octanol–water partition coefficient (Wildman–Crippen LogP) is 2.29. The second-order valence-electron chi connectivity index (χ2n) is 6.96. The molecule has 0 saturated carbocycles. The molecule has 0 saturated heterocycles. The molecule has 0 bridgehead atoms. The molecule has 2 aromatic carbocycles. The van der Waals surface area contributed by atoms with Gasteiger partial charge in [0, 0.05) is 25.0 Å². The van der Waals surface area contributed by atoms with Crippen molar-refractivity contribution in [3.8, 4) is 0 Å². The van der Waals surface area contributed by atoms with Gasteiger partial charge in [-0.1, -0.05) is 24.3 Å². The van der Waals surface area contributed by atoms with Crippen LogP contribution in [-0.2, 0) is 31.9 Å². The SMILES string of the molecule is CCOC(=O)[C@H](Cc1ccc(F)cc1)NC(=O)[C@H](Cc1ccc([N+](=O)[O-])cc1)NC(=O)OC. The van der Waals surface area contributed by atoms with E-state index in [1.54, 1.807) is 6.92 Å². The molecule has 2 N–H and O–H groups in total. The van der Waals surface area contributed by atoms with Crippen molar-refractivity contribution >= 4 is 23.7 Å². The van der Waals surface area contributed by atoms with Gasteiger partial charge in [0.15, 0.2) is 0 Å². The molecule has 0 aliphatic rings. The summed E-state index contributed by atoms with van der Waals surface area (Å²) in [5.41, 5.74) is 0.994. The summed E-state index contributed by atoms with van der Waals surface area (Å²) in [4.78, 5) is 47.5. The summed E-state index contributed by atoms with van der Waals surface area (Å²) in [6, 6.07) is 8.65. The minimum atomic E-state index is -1.15. The van der Waals surface area contributed by atoms with Crippen LogP contribution in [0.3, 0.4) is 0 Å². The lowest BCUT2D eigenvalue weighted by Crippen LogP contribution is -2.53. The van der Waals surface area contributed by atoms with E-state index in [9.17, 15) is 28.9 Å². The van der Waals surface area contributed by atoms with Crippen molar-refractivity contribution in [2.75, 3.05) is 13.7 Å². The summed E-state index contributed by atoms with van der Waals surface area (Å²) in [5, 5.41) is 15.8. The van der Waals surface area contributed by atoms with Crippen molar-refractivity contribution in [3.05, 3.63) is 75.6 Å². The number of carbonyl (C=O) groups excluding carboxylic acids is 3. The Kier molecular flexibility index (Phi) is 9.28. The van der Waals surface area contributed by atoms with E-state index < -0.39 is 40.8 Å². The van der Waals surface area contributed by atoms with E-state index in [-0.39, 0.29) is 25.1 Å². The van der Waals surface area contributed by atoms with Crippen LogP contribution in [0.5, 0.6) is 0 Å². The maximum atomic E-state index is 13.2. The highest BCUT2D eigenvalue weighted by Crippen LogP contribution is 2.14. The van der Waals surface area contributed by atoms with Crippen LogP contribution in [-0.4, -0.2) is 48.7 Å². The average molecular weight is 461 g/mol. The van der Waals surface area contributed by atoms with Gasteiger partial charge < -0.3 is 20.1 Å². The van der Waals surface area contributed by atoms with Crippen molar-refractivity contribution in [2.24, 2.45) is 0 Å². The van der Waals surface area contributed by atoms with Crippen LogP contribution < -0.4 is 10.6 Å². The molecule has 0 heterocycles. The quantitative estimate of drug-likeness (QED) is 0.315. The van der Waals surface area contributed by atoms with Gasteiger partial charge >= 0.3 is 12.1 Å². The molecular weight excluding hydrogens is 437 g/mol. The van der Waals surface area contributed by atoms with Crippen LogP contribution in [0, 0.1) is 15.9 Å². The number of nitrogens with zero attached hydrogens (tertiary/aromatic N) is 1. The fraction of sp³-hybridized carbons (Fsp3) is 0.318. The normalized spacial score (nSPS) is 12.2. The Bertz CT molecular complexity index is 980. The molecule has 11 heteroatoms. The van der Waals surface area contributed by atoms with Crippen LogP contribution >= 0.6 is 0 Å². The lowest BCUT2D eigenvalue weighted by molar-refractivity contribution is -0.384. The summed E-state index contributed by atoms with van der Waals surface area (Å²) >= 11 is 0. The monoisotopic (exact) mass is 461 g/mol. The number of nitro benzene ring substituents is 1. The molecule has 0 spiro atoms. The minimum absolute atomic E-state index is 0.0228. The van der Waals surface area contributed by atoms with E-state index in [0.29, 0.717) is 11.1 Å². The van der Waals surface area contributed by atoms with Gasteiger partial charge in [0.05, 0.1) is 18.6 Å². The number of alkyl carbamates (subject to hydrolysis) is 1. The average Bonchev–Trinajstić information content (AvgIpc) is 2.79. The zero-order valence-corrected chi connectivity index (χ0v) is 18.1. The molecule has 2 amide bonds. The Morgan fingerprint density at radius 3 is 2.03 bits per heavy atom. The number of halogens is 1. The van der Waals surface area contributed by atoms with E-state index in [2.05, 4.69) is 15.4 Å². The molecule has 0 fully saturated rings. The van der Waals surface area contributed by atoms with Crippen LogP contribution in [0.15, 0.2) is 48.5 Å². The number of nitrogens with one attached hydrogen (secondary N) is 2. The number of hydrogen-bond acceptors (Lipinski definition) is 7. The summed E-state index contributed by atoms with van der Waals surface area (Å²) in [6.45, 7) is 1.70. The number of benzene rings is 2. The third-order valence-corrected chi connectivity index (χ3v) is 4.62. The zero-order chi connectivity index (χ0) is 24.4. The second kappa shape index (κ2) is 12.1. The van der Waals surface area contributed by atoms with Crippen molar-refractivity contribution in [2.45, 2.75) is 31.8 Å². The summed E-state index contributed by atoms with van der Waals surface area (Å²) in [5.74, 6) is -1.83. The molecule has 0 radical (unpaired) electrons. The first-order valence-electron chi connectivity index (χ1n) is 10.0. The number of carbonyl (C=O) groups is 3. The van der Waals surface area contributed by atoms with Crippen LogP contribution in [0.1, 0.15) is 18.1 Å². The first-order valence-corrected chi connectivity index (χ1v) is 10.0. The zero-order valence-electron chi connectivity index (χ0n) is 18.1. The van der Waals surface area contributed by atoms with Gasteiger partial charge in [-0.3, -0.25) is 14.9 Å². The van der Waals surface area contributed by atoms with Crippen LogP contribution in [0.2, 0.25) is 0 Å². The topological polar surface area (TPSA) is 137 Å². The molecule has 2 rings (SSSR count). The first-order chi connectivity index (χ1) is 15.7. The van der Waals surface area contributed by atoms with Gasteiger partial charge in [-0.05, 0) is 30.2 Å². The number of amides is 2. The third kappa shape index (κ3) is 7.87. The minimum Gasteiger partial charge on any atom is -0.464 e. The number of ether oxygens (including phenoxy) is 2. The van der Waals surface area contributed by atoms with Crippen molar-refractivity contribution in [3.63, 3.8) is 0 Å². The predicted molar refractivity (Wildman–Crippen MR) is 115 cm³/mol. The highest BCUT2D eigenvalue weighted by atomic mass is 19.1. The molecule has 0 aromatic heterocycles. The largest absolute Gasteiger partial charge is 0.464 e. The fourth-order valence-electron chi connectivity index (χ4n) is 2.96. The number of nitro groups is 1. The standard InChI is InChI=1S/C22H24FN3O7/c1-3-33-21(28)19(13-14-4-8-16(23)9-5-14)24-20(27)18(25-22(29)32-2)12-15-6-10-17(11-7-15)26(30)31/h4-11,18-19H,3,12-13H2,1-2H3,(H,24,27)(H,25,29)/t18-,19-/m0/s1. The number of rotatable bonds is 10. The lowest BCUT2D eigenvalue weighted by atomic mass is 10.0. The Balaban J connectivity index is 2.21. The maximum absolute atomic E-state index is 13.2. The second-order valence-corrected chi connectivity index (χ2v) is 6.96. The first kappa shape index (κ1) is 25.2. The Hall–Kier alpha value is -4.02. The van der Waals surface area contributed by atoms with E-state index in [1.807, 2.05) is 0 Å². The van der Waals surface area contributed by atoms with E-state index in [1.165, 1.54) is 48.5 Å². The molecule has 0 aliphatic heterocycles. The Morgan fingerprint density at radius 2 is 1.52 bits per heavy atom. The van der Waals surface area contributed by atoms with E-state index in [4.69, 9.17) is 4.74 Å². The summed E-state index contributed by atoms with van der Waals surface area (Å²) < 4.78 is 22.8. The van der Waals surface area contributed by atoms with Crippen molar-refractivity contribution < 1.29 is 33.2 Å². The van der Waals surface area contributed by atoms with E-state index in [0.717, 1.165) is 7.11 Å². The summed E-state index contributed by atoms with van der Waals surface area (Å²) in [6.07, 6.45) is -0.860. The summed E-state index contributed by atoms with van der Waals surface area (Å²) in [7, 11) is 1.13. The van der Waals surface area contributed by atoms with Gasteiger partial charge in [-0.15, -0.1) is 0 Å². The smallest absolute Gasteiger partial charge is 0.407 e. The van der Waals surface area contributed by atoms with E-state index >= 15 is 0 Å². The number of esters is 1. The molecule has 10 nitrogen and oxygen atoms in total. The van der Waals surface area contributed by atoms with Crippen molar-refractivity contribution in [1.82, 2.24) is 10.6 Å². The fourth-order valence-corrected chi connectivity index (χ4v) is 2.96. The molecular formula is C22H24FN3O7. The molecule has 0 aliphatic carbocycles. The Morgan fingerprint density at radius 1 is 0.970 bits per heavy atom. The Labute approximate surface area is 189 Å². The van der Waals surface area contributed by atoms with Crippen molar-refractivity contribution in [1.29, 1.82) is 0 Å². The van der Waals surface area contributed by atoms with Crippen LogP contribution in [0.25, 0.3) is 0 Å². The van der Waals surface area contributed by atoms with Gasteiger partial charge in [0.1, 0.15) is 17.9 Å². The number of non-ortho nitro benzene ring substituents is 1. The highest BCUT2D eigenvalue weighted by molar-refractivity contribution is 5.90. The van der Waals surface area contributed by atoms with Crippen LogP contribution in [0.4, 0.5) is 14.9 Å². The van der Waals surface area contributed by atoms with Gasteiger partial charge in [-0.25, -0.2) is 14.0 Å². The molecule has 176 valence electrons. The number of methoxy groups -OCH3 is 1.